The van der Waals surface area contributed by atoms with E-state index in [0.29, 0.717) is 17.5 Å². The van der Waals surface area contributed by atoms with Gasteiger partial charge in [0, 0.05) is 92.7 Å². The molecule has 0 aliphatic carbocycles. The van der Waals surface area contributed by atoms with Gasteiger partial charge in [-0.05, 0) is 160 Å². The maximum atomic E-state index is 6.54. The van der Waals surface area contributed by atoms with Crippen LogP contribution in [0, 0.1) is 0 Å². The average Bonchev–Trinajstić information content (AvgIpc) is 1.56. The van der Waals surface area contributed by atoms with Gasteiger partial charge in [0.1, 0.15) is 44.7 Å². The Hall–Kier alpha value is -13.9. The van der Waals surface area contributed by atoms with Crippen LogP contribution in [0.2, 0.25) is 0 Å². The van der Waals surface area contributed by atoms with Crippen molar-refractivity contribution in [3.05, 3.63) is 322 Å². The Morgan fingerprint density at radius 1 is 0.186 bits per heavy atom. The summed E-state index contributed by atoms with van der Waals surface area (Å²) >= 11 is 0. The smallest absolute Gasteiger partial charge is 0.164 e. The van der Waals surface area contributed by atoms with Crippen molar-refractivity contribution in [1.29, 1.82) is 0 Å². The van der Waals surface area contributed by atoms with Crippen molar-refractivity contribution in [3.8, 4) is 90.0 Å². The molecule has 0 amide bonds. The van der Waals surface area contributed by atoms with Crippen LogP contribution >= 0.6 is 0 Å². The number of benzene rings is 15. The summed E-state index contributed by atoms with van der Waals surface area (Å²) in [4.78, 5) is 16.2. The van der Waals surface area contributed by atoms with Gasteiger partial charge in [-0.3, -0.25) is 0 Å². The molecule has 0 atom stereocenters. The fourth-order valence-electron chi connectivity index (χ4n) is 16.3. The van der Waals surface area contributed by atoms with E-state index in [1.807, 2.05) is 60.7 Å². The molecule has 7 aromatic heterocycles. The summed E-state index contributed by atoms with van der Waals surface area (Å²) in [5.74, 6) is 1.67. The minimum absolute atomic E-state index is 0.531. The van der Waals surface area contributed by atoms with Crippen molar-refractivity contribution in [2.45, 2.75) is 0 Å². The summed E-state index contributed by atoms with van der Waals surface area (Å²) in [7, 11) is 0. The van der Waals surface area contributed by atoms with E-state index in [9.17, 15) is 0 Å². The summed E-state index contributed by atoms with van der Waals surface area (Å²) in [5.41, 5.74) is 24.0. The van der Waals surface area contributed by atoms with Gasteiger partial charge >= 0.3 is 0 Å². The third kappa shape index (κ3) is 8.55. The number of rotatable bonds is 9. The predicted octanol–water partition coefficient (Wildman–Crippen LogP) is 25.3. The second kappa shape index (κ2) is 21.8. The molecule has 0 unspecified atom stereocenters. The van der Waals surface area contributed by atoms with E-state index in [0.717, 1.165) is 204 Å². The van der Waals surface area contributed by atoms with Crippen LogP contribution in [-0.2, 0) is 0 Å². The first-order valence-electron chi connectivity index (χ1n) is 34.4. The molecule has 0 spiro atoms. The van der Waals surface area contributed by atoms with Gasteiger partial charge < -0.3 is 26.8 Å². The second-order valence-electron chi connectivity index (χ2n) is 26.5. The summed E-state index contributed by atoms with van der Waals surface area (Å²) in [6.45, 7) is 0. The molecule has 0 fully saturated rings. The van der Waals surface area contributed by atoms with Gasteiger partial charge in [0.05, 0.1) is 22.1 Å². The molecule has 22 aromatic rings. The topological polar surface area (TPSA) is 101 Å². The number of nitrogens with zero attached hydrogens (tertiary/aromatic N) is 5. The molecule has 22 rings (SSSR count). The van der Waals surface area contributed by atoms with Crippen molar-refractivity contribution >= 4 is 131 Å². The van der Waals surface area contributed by atoms with E-state index < -0.39 is 0 Å². The average molecular weight is 1300 g/mol. The summed E-state index contributed by atoms with van der Waals surface area (Å²) in [5, 5.41) is 13.0. The summed E-state index contributed by atoms with van der Waals surface area (Å²) in [6, 6.07) is 114. The van der Waals surface area contributed by atoms with Crippen molar-refractivity contribution < 1.29 is 17.7 Å². The van der Waals surface area contributed by atoms with E-state index in [2.05, 4.69) is 270 Å². The molecule has 9 nitrogen and oxygen atoms in total. The molecule has 9 heteroatoms. The fourth-order valence-corrected chi connectivity index (χ4v) is 16.3. The Labute approximate surface area is 581 Å². The summed E-state index contributed by atoms with van der Waals surface area (Å²) < 4.78 is 31.0. The Kier molecular flexibility index (Phi) is 12.0. The quantitative estimate of drug-likeness (QED) is 0.142. The highest BCUT2D eigenvalue weighted by Crippen LogP contribution is 2.47. The second-order valence-corrected chi connectivity index (χ2v) is 26.5. The largest absolute Gasteiger partial charge is 0.456 e. The Morgan fingerprint density at radius 3 is 0.755 bits per heavy atom. The minimum atomic E-state index is 0.531. The first-order chi connectivity index (χ1) is 50.5. The molecular weight excluding hydrogens is 1250 g/mol. The van der Waals surface area contributed by atoms with Crippen molar-refractivity contribution in [1.82, 2.24) is 24.1 Å². The zero-order valence-electron chi connectivity index (χ0n) is 54.5. The molecule has 0 aliphatic heterocycles. The highest BCUT2D eigenvalue weighted by atomic mass is 16.3. The number of furan rings is 4. The van der Waals surface area contributed by atoms with Gasteiger partial charge in [0.15, 0.2) is 17.5 Å². The molecule has 474 valence electrons. The van der Waals surface area contributed by atoms with E-state index in [4.69, 9.17) is 32.6 Å². The number of para-hydroxylation sites is 4. The monoisotopic (exact) mass is 1300 g/mol. The van der Waals surface area contributed by atoms with Crippen molar-refractivity contribution in [3.63, 3.8) is 0 Å². The fraction of sp³-hybridized carbons (Fsp3) is 0. The number of aromatic nitrogens is 5. The van der Waals surface area contributed by atoms with Crippen LogP contribution in [0.1, 0.15) is 0 Å². The maximum absolute atomic E-state index is 6.54. The van der Waals surface area contributed by atoms with E-state index >= 15 is 0 Å². The lowest BCUT2D eigenvalue weighted by atomic mass is 9.96. The molecule has 0 bridgehead atoms. The zero-order valence-corrected chi connectivity index (χ0v) is 54.5. The Balaban J connectivity index is 0.836. The van der Waals surface area contributed by atoms with Crippen molar-refractivity contribution in [2.75, 3.05) is 0 Å². The molecule has 102 heavy (non-hydrogen) atoms. The van der Waals surface area contributed by atoms with Gasteiger partial charge in [-0.2, -0.15) is 0 Å². The molecular formula is C93H53N5O4. The standard InChI is InChI=1S/C93H53N5O4/c1-3-19-54(20-4-1)91-94-92(55-21-5-2-6-22-55)96-93(95-91)60-47-61(97-75-43-39-56(63-27-15-35-83-87(63)67-23-7-11-31-79(67)99-83)49-71(75)72-50-57(40-44-76(72)97)64-28-16-36-84-88(64)68-24-8-12-32-80(68)100-84)53-62(48-60)98-77-45-41-58(65-29-17-37-85-89(65)69-25-9-13-33-81(69)101-85)51-73(77)74-52-59(42-46-78(74)98)66-30-18-38-86-90(66)70-26-10-14-34-82(70)102-86/h1-53H. The summed E-state index contributed by atoms with van der Waals surface area (Å²) in [6.07, 6.45) is 0. The first kappa shape index (κ1) is 56.2. The highest BCUT2D eigenvalue weighted by Gasteiger charge is 2.25. The number of hydrogen-bond donors (Lipinski definition) is 0. The molecule has 0 radical (unpaired) electrons. The van der Waals surface area contributed by atoms with Crippen LogP contribution in [0.5, 0.6) is 0 Å². The molecule has 0 saturated carbocycles. The van der Waals surface area contributed by atoms with Gasteiger partial charge in [-0.1, -0.05) is 206 Å². The highest BCUT2D eigenvalue weighted by molar-refractivity contribution is 6.20. The zero-order chi connectivity index (χ0) is 66.7. The Bertz CT molecular complexity index is 6500. The van der Waals surface area contributed by atoms with Crippen LogP contribution < -0.4 is 0 Å². The maximum Gasteiger partial charge on any atom is 0.164 e. The van der Waals surface area contributed by atoms with E-state index in [1.54, 1.807) is 0 Å². The normalized spacial score (nSPS) is 12.1. The minimum Gasteiger partial charge on any atom is -0.456 e. The molecule has 0 N–H and O–H groups in total. The van der Waals surface area contributed by atoms with Crippen LogP contribution in [0.3, 0.4) is 0 Å². The van der Waals surface area contributed by atoms with Crippen LogP contribution in [-0.4, -0.2) is 24.1 Å². The predicted molar refractivity (Wildman–Crippen MR) is 416 cm³/mol. The van der Waals surface area contributed by atoms with E-state index in [1.165, 1.54) is 0 Å². The lowest BCUT2D eigenvalue weighted by Crippen LogP contribution is -2.03. The van der Waals surface area contributed by atoms with Crippen molar-refractivity contribution in [2.24, 2.45) is 0 Å². The first-order valence-corrected chi connectivity index (χ1v) is 34.4. The Morgan fingerprint density at radius 2 is 0.451 bits per heavy atom. The third-order valence-electron chi connectivity index (χ3n) is 20.8. The lowest BCUT2D eigenvalue weighted by molar-refractivity contribution is 0.668. The van der Waals surface area contributed by atoms with Gasteiger partial charge in [-0.15, -0.1) is 0 Å². The van der Waals surface area contributed by atoms with E-state index in [-0.39, 0.29) is 0 Å². The SMILES string of the molecule is c1ccc(-c2nc(-c3ccccc3)nc(-c3cc(-n4c5ccc(-c6cccc7oc8ccccc8c67)cc5c5cc(-c6cccc7oc8ccccc8c67)ccc54)cc(-n4c5ccc(-c6cccc7oc8ccccc8c67)cc5c5cc(-c6cccc7oc8ccccc8c67)ccc54)c3)n2)cc1. The van der Waals surface area contributed by atoms with Crippen LogP contribution in [0.15, 0.2) is 339 Å². The third-order valence-corrected chi connectivity index (χ3v) is 20.8. The number of fused-ring (bicyclic) bond motifs is 18. The molecule has 7 heterocycles. The van der Waals surface area contributed by atoms with Crippen LogP contribution in [0.4, 0.5) is 0 Å². The van der Waals surface area contributed by atoms with Gasteiger partial charge in [-0.25, -0.2) is 15.0 Å². The number of hydrogen-bond acceptors (Lipinski definition) is 7. The molecule has 0 saturated heterocycles. The van der Waals surface area contributed by atoms with Gasteiger partial charge in [0.25, 0.3) is 0 Å². The van der Waals surface area contributed by atoms with Gasteiger partial charge in [0.2, 0.25) is 0 Å². The lowest BCUT2D eigenvalue weighted by Gasteiger charge is -2.16. The molecule has 15 aromatic carbocycles. The molecule has 0 aliphatic rings. The van der Waals surface area contributed by atoms with Crippen LogP contribution in [0.25, 0.3) is 221 Å².